The van der Waals surface area contributed by atoms with Crippen LogP contribution in [-0.4, -0.2) is 23.5 Å². The summed E-state index contributed by atoms with van der Waals surface area (Å²) in [7, 11) is 1.53. The van der Waals surface area contributed by atoms with Crippen molar-refractivity contribution in [3.63, 3.8) is 0 Å². The topological polar surface area (TPSA) is 74.7 Å². The average molecular weight is 260 g/mol. The smallest absolute Gasteiger partial charge is 0.248 e. The molecule has 100 valence electrons. The summed E-state index contributed by atoms with van der Waals surface area (Å²) in [5, 5.41) is 12.7. The van der Waals surface area contributed by atoms with Gasteiger partial charge < -0.3 is 14.9 Å². The first-order valence-electron chi connectivity index (χ1n) is 6.11. The molecule has 0 fully saturated rings. The fraction of sp³-hybridized carbons (Fsp3) is 0.286. The Bertz CT molecular complexity index is 674. The Balaban J connectivity index is 2.84. The van der Waals surface area contributed by atoms with Gasteiger partial charge in [0.15, 0.2) is 0 Å². The number of nitrogens with one attached hydrogen (secondary N) is 1. The molecule has 2 rings (SSSR count). The summed E-state index contributed by atoms with van der Waals surface area (Å²) in [6.07, 6.45) is 3.04. The van der Waals surface area contributed by atoms with E-state index < -0.39 is 0 Å². The molecule has 19 heavy (non-hydrogen) atoms. The summed E-state index contributed by atoms with van der Waals surface area (Å²) in [5.41, 5.74) is 2.01. The van der Waals surface area contributed by atoms with Gasteiger partial charge in [-0.05, 0) is 24.1 Å². The summed E-state index contributed by atoms with van der Waals surface area (Å²) in [6, 6.07) is 5.32. The zero-order chi connectivity index (χ0) is 13.8. The number of hydrogen-bond acceptors (Lipinski definition) is 4. The van der Waals surface area contributed by atoms with Crippen molar-refractivity contribution in [3.05, 3.63) is 39.7 Å². The normalized spacial score (nSPS) is 11.3. The largest absolute Gasteiger partial charge is 0.496 e. The zero-order valence-electron chi connectivity index (χ0n) is 10.9. The minimum atomic E-state index is -0.170. The Morgan fingerprint density at radius 3 is 2.89 bits per heavy atom. The SMILES string of the molecule is CCCc1cc(=O)[nH]c2c(/C=N/O)c(OC)ccc12. The first kappa shape index (κ1) is 13.1. The number of benzene rings is 1. The summed E-state index contributed by atoms with van der Waals surface area (Å²) in [4.78, 5) is 14.5. The number of aromatic amines is 1. The second kappa shape index (κ2) is 5.56. The van der Waals surface area contributed by atoms with E-state index >= 15 is 0 Å². The Morgan fingerprint density at radius 1 is 1.47 bits per heavy atom. The maximum atomic E-state index is 11.7. The molecule has 2 N–H and O–H groups in total. The van der Waals surface area contributed by atoms with Crippen molar-refractivity contribution < 1.29 is 9.94 Å². The molecule has 0 amide bonds. The van der Waals surface area contributed by atoms with Crippen LogP contribution in [-0.2, 0) is 6.42 Å². The molecule has 0 atom stereocenters. The van der Waals surface area contributed by atoms with Crippen molar-refractivity contribution in [1.29, 1.82) is 0 Å². The van der Waals surface area contributed by atoms with E-state index in [9.17, 15) is 4.79 Å². The Hall–Kier alpha value is -2.30. The number of aryl methyl sites for hydroxylation is 1. The van der Waals surface area contributed by atoms with E-state index in [0.717, 1.165) is 23.8 Å². The standard InChI is InChI=1S/C14H16N2O3/c1-3-4-9-7-13(17)16-14-10(9)5-6-12(19-2)11(14)8-15-18/h5-8,18H,3-4H2,1-2H3,(H,16,17)/b15-8+. The van der Waals surface area contributed by atoms with Crippen molar-refractivity contribution in [2.24, 2.45) is 5.16 Å². The first-order valence-corrected chi connectivity index (χ1v) is 6.11. The summed E-state index contributed by atoms with van der Waals surface area (Å²) >= 11 is 0. The van der Waals surface area contributed by atoms with E-state index in [1.54, 1.807) is 12.1 Å². The second-order valence-electron chi connectivity index (χ2n) is 4.26. The molecule has 0 aliphatic heterocycles. The lowest BCUT2D eigenvalue weighted by Crippen LogP contribution is -2.08. The number of aromatic nitrogens is 1. The zero-order valence-corrected chi connectivity index (χ0v) is 10.9. The lowest BCUT2D eigenvalue weighted by Gasteiger charge is -2.10. The van der Waals surface area contributed by atoms with Crippen molar-refractivity contribution in [3.8, 4) is 5.75 Å². The molecule has 1 heterocycles. The van der Waals surface area contributed by atoms with E-state index in [0.29, 0.717) is 16.8 Å². The van der Waals surface area contributed by atoms with E-state index in [4.69, 9.17) is 9.94 Å². The number of rotatable bonds is 4. The summed E-state index contributed by atoms with van der Waals surface area (Å²) in [5.74, 6) is 0.551. The van der Waals surface area contributed by atoms with Crippen LogP contribution in [0.3, 0.4) is 0 Å². The highest BCUT2D eigenvalue weighted by Gasteiger charge is 2.11. The van der Waals surface area contributed by atoms with Gasteiger partial charge in [-0.25, -0.2) is 0 Å². The van der Waals surface area contributed by atoms with Gasteiger partial charge in [0.05, 0.1) is 24.4 Å². The van der Waals surface area contributed by atoms with Crippen LogP contribution >= 0.6 is 0 Å². The van der Waals surface area contributed by atoms with E-state index in [1.165, 1.54) is 13.3 Å². The Kier molecular flexibility index (Phi) is 3.85. The third kappa shape index (κ3) is 2.45. The monoisotopic (exact) mass is 260 g/mol. The van der Waals surface area contributed by atoms with Crippen LogP contribution in [0.25, 0.3) is 10.9 Å². The van der Waals surface area contributed by atoms with Gasteiger partial charge in [-0.3, -0.25) is 4.79 Å². The molecule has 2 aromatic rings. The van der Waals surface area contributed by atoms with Crippen molar-refractivity contribution >= 4 is 17.1 Å². The van der Waals surface area contributed by atoms with Crippen LogP contribution in [0.4, 0.5) is 0 Å². The van der Waals surface area contributed by atoms with E-state index in [1.807, 2.05) is 6.07 Å². The third-order valence-electron chi connectivity index (χ3n) is 3.03. The lowest BCUT2D eigenvalue weighted by molar-refractivity contribution is 0.321. The molecule has 0 spiro atoms. The Morgan fingerprint density at radius 2 is 2.26 bits per heavy atom. The molecule has 5 heteroatoms. The highest BCUT2D eigenvalue weighted by atomic mass is 16.5. The van der Waals surface area contributed by atoms with Gasteiger partial charge in [-0.2, -0.15) is 0 Å². The number of pyridine rings is 1. The van der Waals surface area contributed by atoms with Gasteiger partial charge in [0.1, 0.15) is 5.75 Å². The second-order valence-corrected chi connectivity index (χ2v) is 4.26. The number of ether oxygens (including phenoxy) is 1. The van der Waals surface area contributed by atoms with Crippen molar-refractivity contribution in [2.75, 3.05) is 7.11 Å². The van der Waals surface area contributed by atoms with Crippen molar-refractivity contribution in [1.82, 2.24) is 4.98 Å². The highest BCUT2D eigenvalue weighted by molar-refractivity contribution is 6.01. The fourth-order valence-electron chi connectivity index (χ4n) is 2.24. The number of nitrogens with zero attached hydrogens (tertiary/aromatic N) is 1. The lowest BCUT2D eigenvalue weighted by atomic mass is 10.0. The fourth-order valence-corrected chi connectivity index (χ4v) is 2.24. The minimum absolute atomic E-state index is 0.170. The van der Waals surface area contributed by atoms with E-state index in [2.05, 4.69) is 17.1 Å². The van der Waals surface area contributed by atoms with Gasteiger partial charge in [0, 0.05) is 11.5 Å². The van der Waals surface area contributed by atoms with Crippen LogP contribution in [0, 0.1) is 0 Å². The van der Waals surface area contributed by atoms with Gasteiger partial charge in [-0.15, -0.1) is 0 Å². The number of oxime groups is 1. The molecular formula is C14H16N2O3. The van der Waals surface area contributed by atoms with Gasteiger partial charge in [0.2, 0.25) is 5.56 Å². The summed E-state index contributed by atoms with van der Waals surface area (Å²) < 4.78 is 5.22. The van der Waals surface area contributed by atoms with Crippen LogP contribution in [0.15, 0.2) is 28.1 Å². The predicted octanol–water partition coefficient (Wildman–Crippen LogP) is 2.30. The number of methoxy groups -OCH3 is 1. The molecule has 1 aromatic carbocycles. The quantitative estimate of drug-likeness (QED) is 0.503. The highest BCUT2D eigenvalue weighted by Crippen LogP contribution is 2.26. The molecular weight excluding hydrogens is 244 g/mol. The Labute approximate surface area is 110 Å². The maximum absolute atomic E-state index is 11.7. The molecule has 0 aliphatic rings. The molecule has 0 aliphatic carbocycles. The van der Waals surface area contributed by atoms with Crippen LogP contribution in [0.5, 0.6) is 5.75 Å². The molecule has 0 saturated carbocycles. The third-order valence-corrected chi connectivity index (χ3v) is 3.03. The van der Waals surface area contributed by atoms with E-state index in [-0.39, 0.29) is 5.56 Å². The molecule has 1 aromatic heterocycles. The van der Waals surface area contributed by atoms with Gasteiger partial charge in [-0.1, -0.05) is 18.5 Å². The van der Waals surface area contributed by atoms with Crippen LogP contribution in [0.1, 0.15) is 24.5 Å². The average Bonchev–Trinajstić information content (AvgIpc) is 2.40. The number of H-pyrrole nitrogens is 1. The molecule has 0 radical (unpaired) electrons. The van der Waals surface area contributed by atoms with Crippen LogP contribution < -0.4 is 10.3 Å². The van der Waals surface area contributed by atoms with Gasteiger partial charge in [0.25, 0.3) is 0 Å². The summed E-state index contributed by atoms with van der Waals surface area (Å²) in [6.45, 7) is 2.06. The first-order chi connectivity index (χ1) is 9.21. The molecule has 0 saturated heterocycles. The maximum Gasteiger partial charge on any atom is 0.248 e. The number of hydrogen-bond donors (Lipinski definition) is 2. The number of fused-ring (bicyclic) bond motifs is 1. The minimum Gasteiger partial charge on any atom is -0.496 e. The van der Waals surface area contributed by atoms with Crippen LogP contribution in [0.2, 0.25) is 0 Å². The molecule has 0 unspecified atom stereocenters. The molecule has 5 nitrogen and oxygen atoms in total. The van der Waals surface area contributed by atoms with Crippen molar-refractivity contribution in [2.45, 2.75) is 19.8 Å². The molecule has 0 bridgehead atoms. The predicted molar refractivity (Wildman–Crippen MR) is 74.5 cm³/mol. The van der Waals surface area contributed by atoms with Gasteiger partial charge >= 0.3 is 0 Å².